The lowest BCUT2D eigenvalue weighted by Crippen LogP contribution is -1.93. The number of hydrogen-bond acceptors (Lipinski definition) is 4. The molecule has 96 valence electrons. The highest BCUT2D eigenvalue weighted by Crippen LogP contribution is 2.30. The lowest BCUT2D eigenvalue weighted by Gasteiger charge is -2.08. The number of H-pyrrole nitrogens is 1. The van der Waals surface area contributed by atoms with Crippen molar-refractivity contribution in [1.29, 1.82) is 0 Å². The minimum Gasteiger partial charge on any atom is -0.455 e. The maximum absolute atomic E-state index is 12.8. The Bertz CT molecular complexity index is 790. The average molecular weight is 260 g/mol. The Balaban J connectivity index is 2.02. The van der Waals surface area contributed by atoms with E-state index >= 15 is 0 Å². The molecule has 0 aliphatic rings. The van der Waals surface area contributed by atoms with E-state index in [9.17, 15) is 9.18 Å². The number of anilines is 1. The van der Waals surface area contributed by atoms with E-state index in [1.165, 1.54) is 30.3 Å². The summed E-state index contributed by atoms with van der Waals surface area (Å²) in [5.41, 5.74) is 6.96. The number of aromatic amines is 1. The highest BCUT2D eigenvalue weighted by molar-refractivity contribution is 5.80. The van der Waals surface area contributed by atoms with Crippen molar-refractivity contribution in [2.75, 3.05) is 5.73 Å². The number of nitrogens with one attached hydrogen (secondary N) is 1. The van der Waals surface area contributed by atoms with Crippen molar-refractivity contribution in [2.45, 2.75) is 0 Å². The summed E-state index contributed by atoms with van der Waals surface area (Å²) in [6.07, 6.45) is 0. The molecule has 3 aromatic rings. The van der Waals surface area contributed by atoms with E-state index in [-0.39, 0.29) is 5.82 Å². The lowest BCUT2D eigenvalue weighted by atomic mass is 10.2. The van der Waals surface area contributed by atoms with E-state index in [0.29, 0.717) is 28.3 Å². The van der Waals surface area contributed by atoms with E-state index in [0.717, 1.165) is 0 Å². The number of rotatable bonds is 2. The van der Waals surface area contributed by atoms with E-state index in [4.69, 9.17) is 14.9 Å². The normalized spacial score (nSPS) is 10.8. The quantitative estimate of drug-likeness (QED) is 0.694. The molecule has 0 aliphatic carbocycles. The molecule has 0 fully saturated rings. The number of ether oxygens (including phenoxy) is 1. The molecule has 1 aromatic heterocycles. The number of oxazole rings is 1. The van der Waals surface area contributed by atoms with Crippen LogP contribution in [0.4, 0.5) is 10.1 Å². The van der Waals surface area contributed by atoms with Gasteiger partial charge in [-0.05, 0) is 24.3 Å². The van der Waals surface area contributed by atoms with E-state index in [1.54, 1.807) is 6.07 Å². The molecule has 19 heavy (non-hydrogen) atoms. The number of nitrogen functional groups attached to an aromatic ring is 1. The minimum absolute atomic E-state index is 0.319. The molecule has 1 heterocycles. The second kappa shape index (κ2) is 4.16. The SMILES string of the molecule is Nc1cc2oc(=O)[nH]c2cc1Oc1ccc(F)cc1. The van der Waals surface area contributed by atoms with Crippen molar-refractivity contribution in [3.8, 4) is 11.5 Å². The van der Waals surface area contributed by atoms with Crippen LogP contribution in [-0.4, -0.2) is 4.98 Å². The van der Waals surface area contributed by atoms with Crippen molar-refractivity contribution in [2.24, 2.45) is 0 Å². The van der Waals surface area contributed by atoms with Gasteiger partial charge >= 0.3 is 5.76 Å². The first kappa shape index (κ1) is 11.3. The maximum atomic E-state index is 12.8. The summed E-state index contributed by atoms with van der Waals surface area (Å²) in [5, 5.41) is 0. The molecule has 3 N–H and O–H groups in total. The Labute approximate surface area is 106 Å². The third kappa shape index (κ3) is 2.15. The number of hydrogen-bond donors (Lipinski definition) is 2. The Kier molecular flexibility index (Phi) is 2.49. The van der Waals surface area contributed by atoms with Gasteiger partial charge in [0.15, 0.2) is 11.3 Å². The van der Waals surface area contributed by atoms with Crippen LogP contribution in [-0.2, 0) is 0 Å². The summed E-state index contributed by atoms with van der Waals surface area (Å²) < 4.78 is 23.2. The highest BCUT2D eigenvalue weighted by atomic mass is 19.1. The van der Waals surface area contributed by atoms with Crippen LogP contribution < -0.4 is 16.2 Å². The molecule has 0 saturated heterocycles. The smallest absolute Gasteiger partial charge is 0.417 e. The molecule has 6 heteroatoms. The van der Waals surface area contributed by atoms with Crippen LogP contribution in [0.1, 0.15) is 0 Å². The van der Waals surface area contributed by atoms with Crippen LogP contribution in [0.15, 0.2) is 45.6 Å². The Morgan fingerprint density at radius 2 is 1.95 bits per heavy atom. The van der Waals surface area contributed by atoms with Crippen molar-refractivity contribution < 1.29 is 13.5 Å². The number of halogens is 1. The van der Waals surface area contributed by atoms with Gasteiger partial charge in [0.1, 0.15) is 11.6 Å². The molecule has 0 atom stereocenters. The summed E-state index contributed by atoms with van der Waals surface area (Å²) in [7, 11) is 0. The standard InChI is InChI=1S/C13H9FN2O3/c14-7-1-3-8(4-2-7)18-11-6-10-12(5-9(11)15)19-13(17)16-10/h1-6H,15H2,(H,16,17). The van der Waals surface area contributed by atoms with Gasteiger partial charge in [-0.1, -0.05) is 0 Å². The fourth-order valence-electron chi connectivity index (χ4n) is 1.71. The number of benzene rings is 2. The van der Waals surface area contributed by atoms with Gasteiger partial charge in [0.25, 0.3) is 0 Å². The number of aromatic nitrogens is 1. The fraction of sp³-hybridized carbons (Fsp3) is 0. The summed E-state index contributed by atoms with van der Waals surface area (Å²) in [6, 6.07) is 8.58. The van der Waals surface area contributed by atoms with Crippen LogP contribution in [0.25, 0.3) is 11.1 Å². The molecule has 0 spiro atoms. The second-order valence-corrected chi connectivity index (χ2v) is 3.96. The zero-order chi connectivity index (χ0) is 13.4. The Morgan fingerprint density at radius 3 is 2.68 bits per heavy atom. The van der Waals surface area contributed by atoms with Crippen LogP contribution in [0.2, 0.25) is 0 Å². The van der Waals surface area contributed by atoms with Crippen LogP contribution in [0, 0.1) is 5.82 Å². The molecule has 0 radical (unpaired) electrons. The molecular weight excluding hydrogens is 251 g/mol. The Morgan fingerprint density at radius 1 is 1.21 bits per heavy atom. The van der Waals surface area contributed by atoms with E-state index < -0.39 is 5.76 Å². The molecule has 0 bridgehead atoms. The first-order valence-corrected chi connectivity index (χ1v) is 5.47. The summed E-state index contributed by atoms with van der Waals surface area (Å²) in [6.45, 7) is 0. The summed E-state index contributed by atoms with van der Waals surface area (Å²) >= 11 is 0. The van der Waals surface area contributed by atoms with E-state index in [1.807, 2.05) is 0 Å². The Hall–Kier alpha value is -2.76. The van der Waals surface area contributed by atoms with Crippen molar-refractivity contribution in [3.05, 3.63) is 52.8 Å². The number of nitrogens with two attached hydrogens (primary N) is 1. The van der Waals surface area contributed by atoms with Gasteiger partial charge < -0.3 is 14.9 Å². The highest BCUT2D eigenvalue weighted by Gasteiger charge is 2.08. The zero-order valence-electron chi connectivity index (χ0n) is 9.64. The molecule has 0 saturated carbocycles. The summed E-state index contributed by atoms with van der Waals surface area (Å²) in [4.78, 5) is 13.6. The summed E-state index contributed by atoms with van der Waals surface area (Å²) in [5.74, 6) is -0.113. The molecule has 0 unspecified atom stereocenters. The molecular formula is C13H9FN2O3. The monoisotopic (exact) mass is 260 g/mol. The van der Waals surface area contributed by atoms with Gasteiger partial charge in [-0.25, -0.2) is 9.18 Å². The van der Waals surface area contributed by atoms with Crippen LogP contribution in [0.3, 0.4) is 0 Å². The minimum atomic E-state index is -0.562. The second-order valence-electron chi connectivity index (χ2n) is 3.96. The molecule has 5 nitrogen and oxygen atoms in total. The molecule has 0 amide bonds. The largest absolute Gasteiger partial charge is 0.455 e. The fourth-order valence-corrected chi connectivity index (χ4v) is 1.71. The van der Waals surface area contributed by atoms with Gasteiger partial charge in [0.05, 0.1) is 11.2 Å². The predicted octanol–water partition coefficient (Wildman–Crippen LogP) is 2.63. The van der Waals surface area contributed by atoms with Gasteiger partial charge in [0.2, 0.25) is 0 Å². The average Bonchev–Trinajstić information content (AvgIpc) is 2.72. The molecule has 0 aliphatic heterocycles. The third-order valence-corrected chi connectivity index (χ3v) is 2.59. The van der Waals surface area contributed by atoms with E-state index in [2.05, 4.69) is 4.98 Å². The van der Waals surface area contributed by atoms with Crippen molar-refractivity contribution in [1.82, 2.24) is 4.98 Å². The maximum Gasteiger partial charge on any atom is 0.417 e. The van der Waals surface area contributed by atoms with Gasteiger partial charge in [-0.3, -0.25) is 4.98 Å². The van der Waals surface area contributed by atoms with Crippen molar-refractivity contribution >= 4 is 16.8 Å². The van der Waals surface area contributed by atoms with Crippen LogP contribution >= 0.6 is 0 Å². The molecule has 2 aromatic carbocycles. The van der Waals surface area contributed by atoms with Gasteiger partial charge in [-0.2, -0.15) is 0 Å². The lowest BCUT2D eigenvalue weighted by molar-refractivity contribution is 0.483. The first-order chi connectivity index (χ1) is 9.11. The van der Waals surface area contributed by atoms with Crippen LogP contribution in [0.5, 0.6) is 11.5 Å². The predicted molar refractivity (Wildman–Crippen MR) is 67.7 cm³/mol. The van der Waals surface area contributed by atoms with Crippen molar-refractivity contribution in [3.63, 3.8) is 0 Å². The van der Waals surface area contributed by atoms with Gasteiger partial charge in [-0.15, -0.1) is 0 Å². The topological polar surface area (TPSA) is 81.2 Å². The first-order valence-electron chi connectivity index (χ1n) is 5.47. The van der Waals surface area contributed by atoms with Gasteiger partial charge in [0, 0.05) is 12.1 Å². The number of fused-ring (bicyclic) bond motifs is 1. The zero-order valence-corrected chi connectivity index (χ0v) is 9.64. The molecule has 3 rings (SSSR count). The third-order valence-electron chi connectivity index (χ3n) is 2.59.